The summed E-state index contributed by atoms with van der Waals surface area (Å²) in [5, 5.41) is 5.54. The Bertz CT molecular complexity index is 995. The summed E-state index contributed by atoms with van der Waals surface area (Å²) in [6.07, 6.45) is 8.10. The van der Waals surface area contributed by atoms with Crippen molar-refractivity contribution in [2.45, 2.75) is 25.3 Å². The zero-order valence-corrected chi connectivity index (χ0v) is 13.1. The van der Waals surface area contributed by atoms with E-state index in [1.807, 2.05) is 0 Å². The van der Waals surface area contributed by atoms with E-state index in [9.17, 15) is 0 Å². The van der Waals surface area contributed by atoms with Crippen molar-refractivity contribution in [2.75, 3.05) is 0 Å². The predicted octanol–water partition coefficient (Wildman–Crippen LogP) is 5.72. The molecule has 3 aromatic carbocycles. The lowest BCUT2D eigenvalue weighted by Gasteiger charge is -2.28. The topological polar surface area (TPSA) is 4.93 Å². The van der Waals surface area contributed by atoms with Gasteiger partial charge in [0.15, 0.2) is 0 Å². The van der Waals surface area contributed by atoms with Crippen molar-refractivity contribution in [2.24, 2.45) is 0 Å². The third-order valence-corrected chi connectivity index (χ3v) is 5.32. The van der Waals surface area contributed by atoms with Crippen molar-refractivity contribution >= 4 is 21.5 Å². The SMILES string of the molecule is c1ccc2c(c1)ccc1c3c(ccc12)C(n1cccc1)CCC3. The number of aryl methyl sites for hydroxylation is 1. The van der Waals surface area contributed by atoms with Gasteiger partial charge in [-0.15, -0.1) is 0 Å². The summed E-state index contributed by atoms with van der Waals surface area (Å²) in [5.41, 5.74) is 3.06. The Labute approximate surface area is 136 Å². The zero-order valence-electron chi connectivity index (χ0n) is 13.1. The molecule has 23 heavy (non-hydrogen) atoms. The molecule has 0 amide bonds. The van der Waals surface area contributed by atoms with Crippen LogP contribution in [0.2, 0.25) is 0 Å². The molecular weight excluding hydrogens is 278 g/mol. The van der Waals surface area contributed by atoms with Crippen molar-refractivity contribution in [3.05, 3.63) is 84.2 Å². The van der Waals surface area contributed by atoms with Crippen LogP contribution in [-0.2, 0) is 6.42 Å². The fourth-order valence-electron chi connectivity index (χ4n) is 4.25. The van der Waals surface area contributed by atoms with Gasteiger partial charge in [0.1, 0.15) is 0 Å². The van der Waals surface area contributed by atoms with Crippen LogP contribution in [0.4, 0.5) is 0 Å². The summed E-state index contributed by atoms with van der Waals surface area (Å²) in [7, 11) is 0. The molecule has 4 aromatic rings. The van der Waals surface area contributed by atoms with Crippen molar-refractivity contribution < 1.29 is 0 Å². The Morgan fingerprint density at radius 3 is 2.48 bits per heavy atom. The number of hydrogen-bond acceptors (Lipinski definition) is 0. The molecule has 0 radical (unpaired) electrons. The molecular formula is C22H19N. The maximum Gasteiger partial charge on any atom is 0.0583 e. The van der Waals surface area contributed by atoms with Crippen molar-refractivity contribution in [1.29, 1.82) is 0 Å². The van der Waals surface area contributed by atoms with Gasteiger partial charge >= 0.3 is 0 Å². The maximum absolute atomic E-state index is 2.37. The Balaban J connectivity index is 1.79. The van der Waals surface area contributed by atoms with Gasteiger partial charge in [-0.1, -0.05) is 48.5 Å². The predicted molar refractivity (Wildman–Crippen MR) is 97.0 cm³/mol. The van der Waals surface area contributed by atoms with Crippen LogP contribution in [-0.4, -0.2) is 4.57 Å². The van der Waals surface area contributed by atoms with Gasteiger partial charge < -0.3 is 4.57 Å². The summed E-state index contributed by atoms with van der Waals surface area (Å²) in [6, 6.07) is 22.8. The molecule has 0 bridgehead atoms. The van der Waals surface area contributed by atoms with Crippen LogP contribution in [0.1, 0.15) is 30.0 Å². The zero-order chi connectivity index (χ0) is 15.2. The molecule has 1 aromatic heterocycles. The summed E-state index contributed by atoms with van der Waals surface area (Å²) >= 11 is 0. The maximum atomic E-state index is 2.37. The fraction of sp³-hybridized carbons (Fsp3) is 0.182. The number of nitrogens with zero attached hydrogens (tertiary/aromatic N) is 1. The molecule has 0 N–H and O–H groups in total. The minimum Gasteiger partial charge on any atom is -0.347 e. The van der Waals surface area contributed by atoms with Gasteiger partial charge in [0.05, 0.1) is 6.04 Å². The van der Waals surface area contributed by atoms with E-state index < -0.39 is 0 Å². The van der Waals surface area contributed by atoms with Crippen LogP contribution in [0.15, 0.2) is 73.1 Å². The van der Waals surface area contributed by atoms with E-state index in [4.69, 9.17) is 0 Å². The highest BCUT2D eigenvalue weighted by Gasteiger charge is 2.22. The first-order valence-corrected chi connectivity index (χ1v) is 8.47. The molecule has 1 aliphatic carbocycles. The van der Waals surface area contributed by atoms with Gasteiger partial charge in [-0.25, -0.2) is 0 Å². The average molecular weight is 297 g/mol. The van der Waals surface area contributed by atoms with Crippen LogP contribution in [0.3, 0.4) is 0 Å². The van der Waals surface area contributed by atoms with E-state index in [0.717, 1.165) is 0 Å². The van der Waals surface area contributed by atoms with Gasteiger partial charge in [0.2, 0.25) is 0 Å². The molecule has 1 atom stereocenters. The van der Waals surface area contributed by atoms with E-state index in [1.54, 1.807) is 5.56 Å². The Morgan fingerprint density at radius 1 is 0.739 bits per heavy atom. The van der Waals surface area contributed by atoms with Crippen molar-refractivity contribution in [1.82, 2.24) is 4.57 Å². The van der Waals surface area contributed by atoms with Gasteiger partial charge in [0.25, 0.3) is 0 Å². The van der Waals surface area contributed by atoms with Gasteiger partial charge in [-0.3, -0.25) is 0 Å². The van der Waals surface area contributed by atoms with Crippen LogP contribution >= 0.6 is 0 Å². The molecule has 0 fully saturated rings. The molecule has 1 unspecified atom stereocenters. The minimum atomic E-state index is 0.490. The van der Waals surface area contributed by atoms with Crippen molar-refractivity contribution in [3.63, 3.8) is 0 Å². The normalized spacial score (nSPS) is 17.5. The second-order valence-electron chi connectivity index (χ2n) is 6.55. The first kappa shape index (κ1) is 13.0. The fourth-order valence-corrected chi connectivity index (χ4v) is 4.25. The van der Waals surface area contributed by atoms with E-state index in [0.29, 0.717) is 6.04 Å². The minimum absolute atomic E-state index is 0.490. The van der Waals surface area contributed by atoms with Gasteiger partial charge in [0, 0.05) is 12.4 Å². The van der Waals surface area contributed by atoms with E-state index in [-0.39, 0.29) is 0 Å². The third-order valence-electron chi connectivity index (χ3n) is 5.32. The number of benzene rings is 3. The highest BCUT2D eigenvalue weighted by atomic mass is 15.0. The molecule has 0 saturated carbocycles. The van der Waals surface area contributed by atoms with Crippen LogP contribution in [0.5, 0.6) is 0 Å². The molecule has 5 rings (SSSR count). The second-order valence-corrected chi connectivity index (χ2v) is 6.55. The molecule has 0 spiro atoms. The smallest absolute Gasteiger partial charge is 0.0583 e. The molecule has 0 aliphatic heterocycles. The average Bonchev–Trinajstić information content (AvgIpc) is 3.15. The lowest BCUT2D eigenvalue weighted by molar-refractivity contribution is 0.493. The van der Waals surface area contributed by atoms with E-state index in [2.05, 4.69) is 77.6 Å². The van der Waals surface area contributed by atoms with E-state index >= 15 is 0 Å². The molecule has 0 saturated heterocycles. The monoisotopic (exact) mass is 297 g/mol. The first-order valence-electron chi connectivity index (χ1n) is 8.47. The summed E-state index contributed by atoms with van der Waals surface area (Å²) in [4.78, 5) is 0. The Kier molecular flexibility index (Phi) is 2.81. The third kappa shape index (κ3) is 1.93. The van der Waals surface area contributed by atoms with E-state index in [1.165, 1.54) is 46.4 Å². The Morgan fingerprint density at radius 2 is 1.57 bits per heavy atom. The number of fused-ring (bicyclic) bond motifs is 5. The van der Waals surface area contributed by atoms with Crippen molar-refractivity contribution in [3.8, 4) is 0 Å². The Hall–Kier alpha value is -2.54. The number of hydrogen-bond donors (Lipinski definition) is 0. The summed E-state index contributed by atoms with van der Waals surface area (Å²) < 4.78 is 2.37. The summed E-state index contributed by atoms with van der Waals surface area (Å²) in [6.45, 7) is 0. The number of rotatable bonds is 1. The van der Waals surface area contributed by atoms with Crippen LogP contribution in [0, 0.1) is 0 Å². The molecule has 1 aliphatic rings. The second kappa shape index (κ2) is 4.99. The lowest BCUT2D eigenvalue weighted by Crippen LogP contribution is -2.16. The van der Waals surface area contributed by atoms with Gasteiger partial charge in [-0.05, 0) is 64.1 Å². The standard InChI is InChI=1S/C22H19N/c1-2-7-17-16(6-1)10-11-20-18-8-5-9-22(23-14-3-4-15-23)21(18)13-12-19(17)20/h1-4,6-7,10-15,22H,5,8-9H2. The molecule has 112 valence electrons. The van der Waals surface area contributed by atoms with Gasteiger partial charge in [-0.2, -0.15) is 0 Å². The first-order chi connectivity index (χ1) is 11.4. The molecule has 1 nitrogen and oxygen atoms in total. The largest absolute Gasteiger partial charge is 0.347 e. The highest BCUT2D eigenvalue weighted by Crippen LogP contribution is 2.38. The molecule has 1 heteroatoms. The molecule has 1 heterocycles. The lowest BCUT2D eigenvalue weighted by atomic mass is 9.83. The van der Waals surface area contributed by atoms with Crippen LogP contribution in [0.25, 0.3) is 21.5 Å². The number of aromatic nitrogens is 1. The highest BCUT2D eigenvalue weighted by molar-refractivity contribution is 6.08. The summed E-state index contributed by atoms with van der Waals surface area (Å²) in [5.74, 6) is 0. The van der Waals surface area contributed by atoms with Crippen LogP contribution < -0.4 is 0 Å². The quantitative estimate of drug-likeness (QED) is 0.396.